The van der Waals surface area contributed by atoms with Gasteiger partial charge in [-0.05, 0) is 43.2 Å². The molecule has 2 amide bonds. The lowest BCUT2D eigenvalue weighted by Crippen LogP contribution is -2.43. The fourth-order valence-electron chi connectivity index (χ4n) is 3.47. The first kappa shape index (κ1) is 16.3. The van der Waals surface area contributed by atoms with Crippen LogP contribution in [0.4, 0.5) is 5.69 Å². The molecule has 1 aromatic heterocycles. The predicted molar refractivity (Wildman–Crippen MR) is 101 cm³/mol. The van der Waals surface area contributed by atoms with Crippen LogP contribution in [0.1, 0.15) is 23.2 Å². The Morgan fingerprint density at radius 1 is 1.00 bits per heavy atom. The van der Waals surface area contributed by atoms with Gasteiger partial charge in [0, 0.05) is 29.4 Å². The summed E-state index contributed by atoms with van der Waals surface area (Å²) in [5.41, 5.74) is 2.11. The number of benzene rings is 2. The monoisotopic (exact) mass is 345 g/mol. The maximum atomic E-state index is 13.1. The van der Waals surface area contributed by atoms with Crippen molar-refractivity contribution in [2.24, 2.45) is 0 Å². The fraction of sp³-hybridized carbons (Fsp3) is 0.190. The van der Waals surface area contributed by atoms with E-state index in [4.69, 9.17) is 0 Å². The summed E-state index contributed by atoms with van der Waals surface area (Å²) in [5, 5.41) is 3.73. The van der Waals surface area contributed by atoms with Gasteiger partial charge >= 0.3 is 0 Å². The summed E-state index contributed by atoms with van der Waals surface area (Å²) in [6, 6.07) is 18.1. The summed E-state index contributed by atoms with van der Waals surface area (Å²) in [4.78, 5) is 31.8. The van der Waals surface area contributed by atoms with Crippen molar-refractivity contribution < 1.29 is 9.59 Å². The number of hydrogen-bond acceptors (Lipinski definition) is 3. The molecule has 0 spiro atoms. The summed E-state index contributed by atoms with van der Waals surface area (Å²) in [6.45, 7) is 0.586. The SMILES string of the molecule is O=C(Nc1ccccc1)[C@@H]1CCCN1C(=O)c1cccc2ncccc12. The van der Waals surface area contributed by atoms with Crippen LogP contribution in [0.2, 0.25) is 0 Å². The summed E-state index contributed by atoms with van der Waals surface area (Å²) in [7, 11) is 0. The molecule has 4 rings (SSSR count). The zero-order chi connectivity index (χ0) is 17.9. The van der Waals surface area contributed by atoms with Crippen molar-refractivity contribution in [1.29, 1.82) is 0 Å². The maximum absolute atomic E-state index is 13.1. The molecule has 1 aliphatic rings. The largest absolute Gasteiger partial charge is 0.327 e. The first-order valence-corrected chi connectivity index (χ1v) is 8.75. The van der Waals surface area contributed by atoms with Crippen LogP contribution >= 0.6 is 0 Å². The highest BCUT2D eigenvalue weighted by atomic mass is 16.2. The number of rotatable bonds is 3. The molecule has 1 atom stereocenters. The molecule has 0 radical (unpaired) electrons. The molecule has 0 saturated carbocycles. The van der Waals surface area contributed by atoms with Gasteiger partial charge < -0.3 is 10.2 Å². The minimum Gasteiger partial charge on any atom is -0.327 e. The predicted octanol–water partition coefficient (Wildman–Crippen LogP) is 3.48. The highest BCUT2D eigenvalue weighted by Gasteiger charge is 2.35. The summed E-state index contributed by atoms with van der Waals surface area (Å²) >= 11 is 0. The molecular formula is C21H19N3O2. The number of amides is 2. The Balaban J connectivity index is 1.59. The van der Waals surface area contributed by atoms with Crippen molar-refractivity contribution in [1.82, 2.24) is 9.88 Å². The Hall–Kier alpha value is -3.21. The third kappa shape index (κ3) is 3.04. The highest BCUT2D eigenvalue weighted by molar-refractivity contribution is 6.08. The number of carbonyl (C=O) groups is 2. The Kier molecular flexibility index (Phi) is 4.35. The third-order valence-corrected chi connectivity index (χ3v) is 4.73. The number of carbonyl (C=O) groups excluding carboxylic acids is 2. The number of hydrogen-bond donors (Lipinski definition) is 1. The Bertz CT molecular complexity index is 950. The van der Waals surface area contributed by atoms with Crippen molar-refractivity contribution in [3.8, 4) is 0 Å². The van der Waals surface area contributed by atoms with E-state index in [1.165, 1.54) is 0 Å². The van der Waals surface area contributed by atoms with Gasteiger partial charge in [0.1, 0.15) is 6.04 Å². The molecule has 130 valence electrons. The van der Waals surface area contributed by atoms with Crippen LogP contribution in [-0.2, 0) is 4.79 Å². The van der Waals surface area contributed by atoms with Crippen molar-refractivity contribution in [2.45, 2.75) is 18.9 Å². The molecule has 2 heterocycles. The molecule has 2 aromatic carbocycles. The van der Waals surface area contributed by atoms with E-state index in [0.717, 1.165) is 23.0 Å². The van der Waals surface area contributed by atoms with Gasteiger partial charge in [0.25, 0.3) is 5.91 Å². The van der Waals surface area contributed by atoms with Crippen LogP contribution < -0.4 is 5.32 Å². The smallest absolute Gasteiger partial charge is 0.255 e. The van der Waals surface area contributed by atoms with Crippen molar-refractivity contribution in [2.75, 3.05) is 11.9 Å². The van der Waals surface area contributed by atoms with Crippen molar-refractivity contribution in [3.05, 3.63) is 72.4 Å². The van der Waals surface area contributed by atoms with Crippen LogP contribution in [0.3, 0.4) is 0 Å². The molecule has 1 N–H and O–H groups in total. The molecule has 5 nitrogen and oxygen atoms in total. The Morgan fingerprint density at radius 3 is 2.69 bits per heavy atom. The lowest BCUT2D eigenvalue weighted by molar-refractivity contribution is -0.119. The van der Waals surface area contributed by atoms with Gasteiger partial charge in [0.15, 0.2) is 0 Å². The number of fused-ring (bicyclic) bond motifs is 1. The van der Waals surface area contributed by atoms with Crippen molar-refractivity contribution >= 4 is 28.4 Å². The normalized spacial score (nSPS) is 16.6. The zero-order valence-corrected chi connectivity index (χ0v) is 14.3. The summed E-state index contributed by atoms with van der Waals surface area (Å²) < 4.78 is 0. The number of nitrogens with one attached hydrogen (secondary N) is 1. The molecular weight excluding hydrogens is 326 g/mol. The average molecular weight is 345 g/mol. The second kappa shape index (κ2) is 6.96. The van der Waals surface area contributed by atoms with Gasteiger partial charge in [-0.2, -0.15) is 0 Å². The minimum absolute atomic E-state index is 0.116. The van der Waals surface area contributed by atoms with Gasteiger partial charge in [-0.25, -0.2) is 0 Å². The van der Waals surface area contributed by atoms with Gasteiger partial charge in [0.2, 0.25) is 5.91 Å². The summed E-state index contributed by atoms with van der Waals surface area (Å²) in [6.07, 6.45) is 3.21. The minimum atomic E-state index is -0.449. The Labute approximate surface area is 151 Å². The van der Waals surface area contributed by atoms with E-state index in [-0.39, 0.29) is 11.8 Å². The highest BCUT2D eigenvalue weighted by Crippen LogP contribution is 2.25. The number of para-hydroxylation sites is 1. The number of likely N-dealkylation sites (tertiary alicyclic amines) is 1. The van der Waals surface area contributed by atoms with Crippen LogP contribution in [-0.4, -0.2) is 34.3 Å². The second-order valence-corrected chi connectivity index (χ2v) is 6.39. The zero-order valence-electron chi connectivity index (χ0n) is 14.3. The van der Waals surface area contributed by atoms with Crippen LogP contribution in [0.5, 0.6) is 0 Å². The molecule has 26 heavy (non-hydrogen) atoms. The Morgan fingerprint density at radius 2 is 1.85 bits per heavy atom. The summed E-state index contributed by atoms with van der Waals surface area (Å²) in [5.74, 6) is -0.255. The van der Waals surface area contributed by atoms with Crippen LogP contribution in [0.15, 0.2) is 66.9 Å². The number of pyridine rings is 1. The van der Waals surface area contributed by atoms with E-state index in [0.29, 0.717) is 18.5 Å². The first-order chi connectivity index (χ1) is 12.7. The average Bonchev–Trinajstić information content (AvgIpc) is 3.18. The van der Waals surface area contributed by atoms with E-state index in [1.807, 2.05) is 54.6 Å². The standard InChI is InChI=1S/C21H19N3O2/c25-20(23-15-7-2-1-3-8-15)19-12-6-14-24(19)21(26)17-9-4-11-18-16(17)10-5-13-22-18/h1-5,7-11,13,19H,6,12,14H2,(H,23,25)/t19-/m0/s1. The molecule has 3 aromatic rings. The van der Waals surface area contributed by atoms with Gasteiger partial charge in [-0.1, -0.05) is 30.3 Å². The number of anilines is 1. The molecule has 0 unspecified atom stereocenters. The lowest BCUT2D eigenvalue weighted by atomic mass is 10.1. The second-order valence-electron chi connectivity index (χ2n) is 6.39. The van der Waals surface area contributed by atoms with E-state index < -0.39 is 6.04 Å². The lowest BCUT2D eigenvalue weighted by Gasteiger charge is -2.24. The maximum Gasteiger partial charge on any atom is 0.255 e. The van der Waals surface area contributed by atoms with Gasteiger partial charge in [-0.3, -0.25) is 14.6 Å². The molecule has 1 aliphatic heterocycles. The van der Waals surface area contributed by atoms with Crippen LogP contribution in [0.25, 0.3) is 10.9 Å². The fourth-order valence-corrected chi connectivity index (χ4v) is 3.47. The molecule has 1 fully saturated rings. The van der Waals surface area contributed by atoms with E-state index in [2.05, 4.69) is 10.3 Å². The van der Waals surface area contributed by atoms with E-state index in [9.17, 15) is 9.59 Å². The first-order valence-electron chi connectivity index (χ1n) is 8.75. The van der Waals surface area contributed by atoms with E-state index >= 15 is 0 Å². The van der Waals surface area contributed by atoms with Gasteiger partial charge in [0.05, 0.1) is 5.52 Å². The number of nitrogens with zero attached hydrogens (tertiary/aromatic N) is 2. The molecule has 0 aliphatic carbocycles. The topological polar surface area (TPSA) is 62.3 Å². The molecule has 1 saturated heterocycles. The quantitative estimate of drug-likeness (QED) is 0.790. The van der Waals surface area contributed by atoms with Crippen LogP contribution in [0, 0.1) is 0 Å². The number of aromatic nitrogens is 1. The van der Waals surface area contributed by atoms with Gasteiger partial charge in [-0.15, -0.1) is 0 Å². The molecule has 5 heteroatoms. The van der Waals surface area contributed by atoms with Crippen molar-refractivity contribution in [3.63, 3.8) is 0 Å². The van der Waals surface area contributed by atoms with E-state index in [1.54, 1.807) is 17.2 Å². The molecule has 0 bridgehead atoms. The third-order valence-electron chi connectivity index (χ3n) is 4.73.